The summed E-state index contributed by atoms with van der Waals surface area (Å²) < 4.78 is 11.6. The topological polar surface area (TPSA) is 59.8 Å². The van der Waals surface area contributed by atoms with E-state index in [1.54, 1.807) is 11.8 Å². The van der Waals surface area contributed by atoms with E-state index in [0.717, 1.165) is 19.3 Å². The summed E-state index contributed by atoms with van der Waals surface area (Å²) in [6.45, 7) is 9.12. The number of hydrogen-bond donors (Lipinski definition) is 0. The van der Waals surface area contributed by atoms with Gasteiger partial charge in [-0.05, 0) is 19.3 Å². The molecule has 0 N–H and O–H groups in total. The Morgan fingerprint density at radius 2 is 2.09 bits per heavy atom. The lowest BCUT2D eigenvalue weighted by Crippen LogP contribution is -2.51. The summed E-state index contributed by atoms with van der Waals surface area (Å²) in [4.78, 5) is 26.1. The SMILES string of the molecule is CCCC[C@@H]1CN(C(=O)c2cc(=O)cc(C)o2)C[C@H](C(C)C)O1. The van der Waals surface area contributed by atoms with Gasteiger partial charge in [0.15, 0.2) is 11.2 Å². The van der Waals surface area contributed by atoms with Gasteiger partial charge in [-0.15, -0.1) is 0 Å². The first-order chi connectivity index (χ1) is 10.9. The molecule has 1 aromatic rings. The van der Waals surface area contributed by atoms with E-state index in [2.05, 4.69) is 20.8 Å². The van der Waals surface area contributed by atoms with Crippen molar-refractivity contribution in [2.75, 3.05) is 13.1 Å². The lowest BCUT2D eigenvalue weighted by atomic mass is 10.0. The van der Waals surface area contributed by atoms with Gasteiger partial charge >= 0.3 is 0 Å². The highest BCUT2D eigenvalue weighted by atomic mass is 16.5. The Morgan fingerprint density at radius 1 is 1.35 bits per heavy atom. The van der Waals surface area contributed by atoms with Gasteiger partial charge < -0.3 is 14.1 Å². The van der Waals surface area contributed by atoms with Crippen LogP contribution in [0.2, 0.25) is 0 Å². The van der Waals surface area contributed by atoms with Crippen LogP contribution in [0, 0.1) is 12.8 Å². The minimum absolute atomic E-state index is 0.0195. The zero-order valence-electron chi connectivity index (χ0n) is 14.5. The largest absolute Gasteiger partial charge is 0.456 e. The second-order valence-corrected chi connectivity index (χ2v) is 6.66. The Bertz CT molecular complexity index is 593. The number of nitrogens with zero attached hydrogens (tertiary/aromatic N) is 1. The molecule has 5 heteroatoms. The highest BCUT2D eigenvalue weighted by Crippen LogP contribution is 2.22. The van der Waals surface area contributed by atoms with Gasteiger partial charge in [-0.1, -0.05) is 33.6 Å². The molecule has 0 aromatic carbocycles. The van der Waals surface area contributed by atoms with Gasteiger partial charge in [-0.25, -0.2) is 0 Å². The molecule has 0 bridgehead atoms. The first kappa shape index (κ1) is 17.7. The Hall–Kier alpha value is -1.62. The van der Waals surface area contributed by atoms with E-state index < -0.39 is 0 Å². The van der Waals surface area contributed by atoms with E-state index in [1.165, 1.54) is 12.1 Å². The fraction of sp³-hybridized carbons (Fsp3) is 0.667. The van der Waals surface area contributed by atoms with E-state index in [0.29, 0.717) is 24.8 Å². The molecule has 23 heavy (non-hydrogen) atoms. The number of rotatable bonds is 5. The molecule has 1 amide bonds. The average Bonchev–Trinajstić information content (AvgIpc) is 2.50. The molecule has 0 saturated carbocycles. The number of aryl methyl sites for hydroxylation is 1. The van der Waals surface area contributed by atoms with E-state index in [9.17, 15) is 9.59 Å². The second-order valence-electron chi connectivity index (χ2n) is 6.66. The fourth-order valence-electron chi connectivity index (χ4n) is 2.86. The van der Waals surface area contributed by atoms with Crippen LogP contribution in [0.3, 0.4) is 0 Å². The summed E-state index contributed by atoms with van der Waals surface area (Å²) in [7, 11) is 0. The summed E-state index contributed by atoms with van der Waals surface area (Å²) in [6.07, 6.45) is 3.20. The molecule has 1 fully saturated rings. The van der Waals surface area contributed by atoms with Gasteiger partial charge in [0.2, 0.25) is 0 Å². The van der Waals surface area contributed by atoms with Crippen LogP contribution in [-0.4, -0.2) is 36.1 Å². The number of morpholine rings is 1. The monoisotopic (exact) mass is 321 g/mol. The third kappa shape index (κ3) is 4.67. The maximum absolute atomic E-state index is 12.7. The summed E-state index contributed by atoms with van der Waals surface area (Å²) in [5.74, 6) is 0.686. The van der Waals surface area contributed by atoms with Gasteiger partial charge in [-0.2, -0.15) is 0 Å². The van der Waals surface area contributed by atoms with Crippen molar-refractivity contribution in [2.45, 2.75) is 59.2 Å². The van der Waals surface area contributed by atoms with Crippen molar-refractivity contribution in [1.82, 2.24) is 4.90 Å². The molecule has 0 unspecified atom stereocenters. The Morgan fingerprint density at radius 3 is 2.70 bits per heavy atom. The van der Waals surface area contributed by atoms with E-state index >= 15 is 0 Å². The van der Waals surface area contributed by atoms with Gasteiger partial charge in [0.25, 0.3) is 5.91 Å². The van der Waals surface area contributed by atoms with E-state index in [1.807, 2.05) is 0 Å². The van der Waals surface area contributed by atoms with Crippen LogP contribution >= 0.6 is 0 Å². The van der Waals surface area contributed by atoms with Gasteiger partial charge in [-0.3, -0.25) is 9.59 Å². The Kier molecular flexibility index (Phi) is 5.99. The number of carbonyl (C=O) groups excluding carboxylic acids is 1. The maximum Gasteiger partial charge on any atom is 0.289 e. The van der Waals surface area contributed by atoms with Crippen molar-refractivity contribution in [3.8, 4) is 0 Å². The molecule has 1 aliphatic heterocycles. The van der Waals surface area contributed by atoms with Crippen molar-refractivity contribution in [2.24, 2.45) is 5.92 Å². The molecule has 2 heterocycles. The predicted octanol–water partition coefficient (Wildman–Crippen LogP) is 3.00. The minimum Gasteiger partial charge on any atom is -0.456 e. The first-order valence-corrected chi connectivity index (χ1v) is 8.47. The number of amides is 1. The lowest BCUT2D eigenvalue weighted by Gasteiger charge is -2.39. The van der Waals surface area contributed by atoms with Crippen molar-refractivity contribution in [1.29, 1.82) is 0 Å². The van der Waals surface area contributed by atoms with Crippen molar-refractivity contribution in [3.05, 3.63) is 33.9 Å². The Labute approximate surface area is 137 Å². The Balaban J connectivity index is 2.17. The van der Waals surface area contributed by atoms with Crippen LogP contribution in [0.4, 0.5) is 0 Å². The number of ether oxygens (including phenoxy) is 1. The predicted molar refractivity (Wildman–Crippen MR) is 88.6 cm³/mol. The van der Waals surface area contributed by atoms with Crippen LogP contribution in [0.5, 0.6) is 0 Å². The first-order valence-electron chi connectivity index (χ1n) is 8.47. The van der Waals surface area contributed by atoms with Crippen molar-refractivity contribution >= 4 is 5.91 Å². The van der Waals surface area contributed by atoms with Crippen LogP contribution < -0.4 is 5.43 Å². The molecule has 128 valence electrons. The zero-order valence-corrected chi connectivity index (χ0v) is 14.5. The highest BCUT2D eigenvalue weighted by molar-refractivity contribution is 5.91. The number of hydrogen-bond acceptors (Lipinski definition) is 4. The molecule has 1 aromatic heterocycles. The molecule has 5 nitrogen and oxygen atoms in total. The molecule has 2 rings (SSSR count). The molecule has 2 atom stereocenters. The van der Waals surface area contributed by atoms with Crippen LogP contribution in [-0.2, 0) is 4.74 Å². The summed E-state index contributed by atoms with van der Waals surface area (Å²) >= 11 is 0. The zero-order chi connectivity index (χ0) is 17.0. The van der Waals surface area contributed by atoms with Gasteiger partial charge in [0.05, 0.1) is 12.2 Å². The van der Waals surface area contributed by atoms with Gasteiger partial charge in [0, 0.05) is 25.2 Å². The minimum atomic E-state index is -0.221. The fourth-order valence-corrected chi connectivity index (χ4v) is 2.86. The summed E-state index contributed by atoms with van der Waals surface area (Å²) in [5, 5.41) is 0. The smallest absolute Gasteiger partial charge is 0.289 e. The third-order valence-corrected chi connectivity index (χ3v) is 4.20. The highest BCUT2D eigenvalue weighted by Gasteiger charge is 2.33. The standard InChI is InChI=1S/C18H27NO4/c1-5-6-7-15-10-19(11-17(23-15)12(2)3)18(21)16-9-14(20)8-13(4)22-16/h8-9,12,15,17H,5-7,10-11H2,1-4H3/t15-,17-/m1/s1. The number of unbranched alkanes of at least 4 members (excludes halogenated alkanes) is 1. The molecule has 1 saturated heterocycles. The van der Waals surface area contributed by atoms with Crippen LogP contribution in [0.1, 0.15) is 56.3 Å². The summed E-state index contributed by atoms with van der Waals surface area (Å²) in [6, 6.07) is 2.66. The molecular formula is C18H27NO4. The number of carbonyl (C=O) groups is 1. The molecule has 0 aliphatic carbocycles. The van der Waals surface area contributed by atoms with Crippen molar-refractivity contribution in [3.63, 3.8) is 0 Å². The quantitative estimate of drug-likeness (QED) is 0.836. The molecular weight excluding hydrogens is 294 g/mol. The summed E-state index contributed by atoms with van der Waals surface area (Å²) in [5.41, 5.74) is -0.201. The van der Waals surface area contributed by atoms with Crippen LogP contribution in [0.25, 0.3) is 0 Å². The lowest BCUT2D eigenvalue weighted by molar-refractivity contribution is -0.0967. The third-order valence-electron chi connectivity index (χ3n) is 4.20. The van der Waals surface area contributed by atoms with Crippen LogP contribution in [0.15, 0.2) is 21.3 Å². The van der Waals surface area contributed by atoms with Crippen molar-refractivity contribution < 1.29 is 13.9 Å². The molecule has 0 spiro atoms. The molecule has 0 radical (unpaired) electrons. The van der Waals surface area contributed by atoms with E-state index in [-0.39, 0.29) is 29.3 Å². The van der Waals surface area contributed by atoms with E-state index in [4.69, 9.17) is 9.15 Å². The van der Waals surface area contributed by atoms with Gasteiger partial charge in [0.1, 0.15) is 5.76 Å². The average molecular weight is 321 g/mol. The second kappa shape index (κ2) is 7.77. The molecule has 1 aliphatic rings. The maximum atomic E-state index is 12.7. The normalized spacial score (nSPS) is 21.7.